The average Bonchev–Trinajstić information content (AvgIpc) is 3.14. The molecule has 37 heavy (non-hydrogen) atoms. The highest BCUT2D eigenvalue weighted by Gasteiger charge is 2.69. The topological polar surface area (TPSA) is 116 Å². The Labute approximate surface area is 220 Å². The highest BCUT2D eigenvalue weighted by molar-refractivity contribution is 6.02. The van der Waals surface area contributed by atoms with Crippen molar-refractivity contribution in [1.29, 1.82) is 0 Å². The van der Waals surface area contributed by atoms with Crippen LogP contribution in [0.4, 0.5) is 0 Å². The maximum Gasteiger partial charge on any atom is 0.106 e. The molecule has 8 atom stereocenters. The predicted molar refractivity (Wildman–Crippen MR) is 140 cm³/mol. The normalized spacial score (nSPS) is 47.6. The van der Waals surface area contributed by atoms with E-state index < -0.39 is 28.6 Å². The zero-order valence-corrected chi connectivity index (χ0v) is 23.1. The van der Waals surface area contributed by atoms with Crippen molar-refractivity contribution in [3.63, 3.8) is 0 Å². The van der Waals surface area contributed by atoms with Crippen molar-refractivity contribution in [2.24, 2.45) is 38.4 Å². The molecule has 5 rings (SSSR count). The SMILES string of the molecule is CO/N=C(/CN1CCOCC1)C1CC[C@@]2(O)C3=C/C(=N\OC)C4(C)CC(O)C(O)CC4(C)C3CCC12C. The van der Waals surface area contributed by atoms with Gasteiger partial charge in [-0.15, -0.1) is 0 Å². The fraction of sp³-hybridized carbons (Fsp3) is 0.857. The first-order valence-electron chi connectivity index (χ1n) is 13.9. The minimum Gasteiger partial charge on any atom is -0.399 e. The molecule has 208 valence electrons. The number of aliphatic hydroxyl groups excluding tert-OH is 2. The Kier molecular flexibility index (Phi) is 7.01. The van der Waals surface area contributed by atoms with Gasteiger partial charge in [0.05, 0.1) is 42.4 Å². The van der Waals surface area contributed by atoms with Crippen molar-refractivity contribution in [3.8, 4) is 0 Å². The van der Waals surface area contributed by atoms with E-state index in [1.54, 1.807) is 7.11 Å². The molecule has 3 N–H and O–H groups in total. The number of oxime groups is 2. The van der Waals surface area contributed by atoms with Crippen LogP contribution >= 0.6 is 0 Å². The highest BCUT2D eigenvalue weighted by atomic mass is 16.6. The molecule has 1 heterocycles. The number of allylic oxidation sites excluding steroid dienone is 1. The van der Waals surface area contributed by atoms with Gasteiger partial charge >= 0.3 is 0 Å². The van der Waals surface area contributed by atoms with Crippen LogP contribution in [-0.4, -0.2) is 96.5 Å². The standard InChI is InChI=1S/C28H45N3O6/c1-25-8-6-18-20(14-24(30-36-5)27(3)16-23(33)22(32)15-26(18,27)2)28(25,34)9-7-19(25)21(29-35-4)17-31-10-12-37-13-11-31/h14,18-19,22-23,32-34H,6-13,15-17H2,1-5H3/b29-21-,30-24+/t18?,19?,22?,23?,25?,26?,27?,28-/m1/s1. The number of morpholine rings is 1. The number of fused-ring (bicyclic) bond motifs is 5. The second-order valence-electron chi connectivity index (χ2n) is 12.7. The predicted octanol–water partition coefficient (Wildman–Crippen LogP) is 2.35. The van der Waals surface area contributed by atoms with Crippen LogP contribution in [0.25, 0.3) is 0 Å². The second-order valence-corrected chi connectivity index (χ2v) is 12.7. The van der Waals surface area contributed by atoms with Crippen LogP contribution in [0, 0.1) is 28.1 Å². The first-order chi connectivity index (χ1) is 17.5. The molecule has 0 aromatic carbocycles. The molecule has 4 aliphatic carbocycles. The third kappa shape index (κ3) is 3.91. The lowest BCUT2D eigenvalue weighted by atomic mass is 9.41. The smallest absolute Gasteiger partial charge is 0.106 e. The van der Waals surface area contributed by atoms with Crippen LogP contribution in [-0.2, 0) is 14.4 Å². The molecule has 0 amide bonds. The third-order valence-electron chi connectivity index (χ3n) is 11.2. The molecule has 0 spiro atoms. The average molecular weight is 520 g/mol. The summed E-state index contributed by atoms with van der Waals surface area (Å²) in [6.45, 7) is 10.5. The number of nitrogens with zero attached hydrogens (tertiary/aromatic N) is 3. The Balaban J connectivity index is 1.54. The van der Waals surface area contributed by atoms with Gasteiger partial charge in [0.15, 0.2) is 0 Å². The van der Waals surface area contributed by atoms with E-state index in [0.717, 1.165) is 62.6 Å². The monoisotopic (exact) mass is 519 g/mol. The molecule has 9 heteroatoms. The zero-order chi connectivity index (χ0) is 26.6. The first-order valence-corrected chi connectivity index (χ1v) is 13.9. The van der Waals surface area contributed by atoms with Gasteiger partial charge in [-0.25, -0.2) is 0 Å². The summed E-state index contributed by atoms with van der Waals surface area (Å²) in [7, 11) is 3.14. The molecule has 0 aromatic heterocycles. The van der Waals surface area contributed by atoms with Crippen LogP contribution < -0.4 is 0 Å². The molecule has 0 radical (unpaired) electrons. The van der Waals surface area contributed by atoms with Gasteiger partial charge in [0.25, 0.3) is 0 Å². The quantitative estimate of drug-likeness (QED) is 0.377. The Hall–Kier alpha value is -1.52. The Morgan fingerprint density at radius 1 is 1.03 bits per heavy atom. The van der Waals surface area contributed by atoms with Gasteiger partial charge in [-0.1, -0.05) is 31.1 Å². The molecule has 1 aliphatic heterocycles. The van der Waals surface area contributed by atoms with Crippen LogP contribution in [0.3, 0.4) is 0 Å². The lowest BCUT2D eigenvalue weighted by Gasteiger charge is -2.64. The Morgan fingerprint density at radius 2 is 1.73 bits per heavy atom. The van der Waals surface area contributed by atoms with Crippen LogP contribution in [0.2, 0.25) is 0 Å². The zero-order valence-electron chi connectivity index (χ0n) is 23.1. The lowest BCUT2D eigenvalue weighted by molar-refractivity contribution is -0.140. The largest absolute Gasteiger partial charge is 0.399 e. The molecule has 0 bridgehead atoms. The Bertz CT molecular complexity index is 979. The minimum absolute atomic E-state index is 0.0781. The van der Waals surface area contributed by atoms with Gasteiger partial charge in [-0.2, -0.15) is 0 Å². The fourth-order valence-electron chi connectivity index (χ4n) is 8.75. The molecule has 9 nitrogen and oxygen atoms in total. The maximum atomic E-state index is 12.6. The summed E-state index contributed by atoms with van der Waals surface area (Å²) in [5, 5.41) is 43.0. The molecule has 3 saturated carbocycles. The Morgan fingerprint density at radius 3 is 2.41 bits per heavy atom. The van der Waals surface area contributed by atoms with Crippen LogP contribution in [0.1, 0.15) is 59.3 Å². The van der Waals surface area contributed by atoms with Crippen molar-refractivity contribution >= 4 is 11.4 Å². The first kappa shape index (κ1) is 27.1. The number of hydrogen-bond donors (Lipinski definition) is 3. The van der Waals surface area contributed by atoms with E-state index in [-0.39, 0.29) is 17.3 Å². The lowest BCUT2D eigenvalue weighted by Crippen LogP contribution is -2.64. The van der Waals surface area contributed by atoms with Crippen molar-refractivity contribution < 1.29 is 29.7 Å². The molecular weight excluding hydrogens is 474 g/mol. The highest BCUT2D eigenvalue weighted by Crippen LogP contribution is 2.69. The molecule has 1 saturated heterocycles. The van der Waals surface area contributed by atoms with E-state index in [4.69, 9.17) is 14.4 Å². The summed E-state index contributed by atoms with van der Waals surface area (Å²) in [6.07, 6.45) is 4.54. The molecule has 4 fully saturated rings. The summed E-state index contributed by atoms with van der Waals surface area (Å²) in [5.74, 6) is 0.166. The van der Waals surface area contributed by atoms with E-state index >= 15 is 0 Å². The summed E-state index contributed by atoms with van der Waals surface area (Å²) < 4.78 is 5.54. The molecular formula is C28H45N3O6. The van der Waals surface area contributed by atoms with Crippen LogP contribution in [0.5, 0.6) is 0 Å². The fourth-order valence-corrected chi connectivity index (χ4v) is 8.75. The maximum absolute atomic E-state index is 12.6. The third-order valence-corrected chi connectivity index (χ3v) is 11.2. The van der Waals surface area contributed by atoms with Crippen LogP contribution in [0.15, 0.2) is 22.0 Å². The molecule has 5 aliphatic rings. The van der Waals surface area contributed by atoms with Crippen molar-refractivity contribution in [1.82, 2.24) is 4.90 Å². The van der Waals surface area contributed by atoms with E-state index in [1.807, 2.05) is 0 Å². The van der Waals surface area contributed by atoms with Gasteiger partial charge in [0.2, 0.25) is 0 Å². The minimum atomic E-state index is -1.03. The van der Waals surface area contributed by atoms with Gasteiger partial charge in [0, 0.05) is 36.4 Å². The van der Waals surface area contributed by atoms with Gasteiger partial charge in [-0.05, 0) is 61.5 Å². The summed E-state index contributed by atoms with van der Waals surface area (Å²) in [6, 6.07) is 0. The summed E-state index contributed by atoms with van der Waals surface area (Å²) in [4.78, 5) is 13.0. The number of hydrogen-bond acceptors (Lipinski definition) is 9. The second kappa shape index (κ2) is 9.59. The summed E-state index contributed by atoms with van der Waals surface area (Å²) >= 11 is 0. The number of aliphatic hydroxyl groups is 3. The van der Waals surface area contributed by atoms with E-state index in [0.29, 0.717) is 25.8 Å². The van der Waals surface area contributed by atoms with E-state index in [1.165, 1.54) is 7.11 Å². The molecule has 7 unspecified atom stereocenters. The van der Waals surface area contributed by atoms with Gasteiger partial charge in [-0.3, -0.25) is 4.90 Å². The van der Waals surface area contributed by atoms with Crippen molar-refractivity contribution in [2.75, 3.05) is 47.1 Å². The molecule has 0 aromatic rings. The van der Waals surface area contributed by atoms with Gasteiger partial charge < -0.3 is 29.7 Å². The van der Waals surface area contributed by atoms with Gasteiger partial charge in [0.1, 0.15) is 14.2 Å². The van der Waals surface area contributed by atoms with E-state index in [2.05, 4.69) is 42.1 Å². The van der Waals surface area contributed by atoms with E-state index in [9.17, 15) is 15.3 Å². The summed E-state index contributed by atoms with van der Waals surface area (Å²) in [5.41, 5.74) is 0.460. The number of ether oxygens (including phenoxy) is 1. The van der Waals surface area contributed by atoms with Crippen molar-refractivity contribution in [2.45, 2.75) is 77.1 Å². The number of rotatable bonds is 5. The van der Waals surface area contributed by atoms with Crippen molar-refractivity contribution in [3.05, 3.63) is 11.6 Å².